The number of hydrogen-bond donors (Lipinski definition) is 20. The number of alkyl halides is 2. The van der Waals surface area contributed by atoms with Gasteiger partial charge in [-0.1, -0.05) is 29.8 Å². The molecule has 18 heterocycles. The third kappa shape index (κ3) is 28.2. The van der Waals surface area contributed by atoms with Crippen LogP contribution >= 0.6 is 68.8 Å². The van der Waals surface area contributed by atoms with Crippen molar-refractivity contribution in [3.8, 4) is 0 Å². The molecule has 0 spiro atoms. The Bertz CT molecular complexity index is 7140. The highest BCUT2D eigenvalue weighted by atomic mass is 79.9. The molecule has 0 amide bonds. The summed E-state index contributed by atoms with van der Waals surface area (Å²) in [6, 6.07) is 0. The second-order valence-electron chi connectivity index (χ2n) is 42.5. The summed E-state index contributed by atoms with van der Waals surface area (Å²) in [4.78, 5) is 136. The number of nitrogens with zero attached hydrogens (tertiary/aromatic N) is 18. The molecule has 0 bridgehead atoms. The van der Waals surface area contributed by atoms with Crippen LogP contribution in [0.2, 0.25) is 0 Å². The molecular weight excluding hydrogens is 2150 g/mol. The van der Waals surface area contributed by atoms with Crippen molar-refractivity contribution >= 4 is 209 Å². The van der Waals surface area contributed by atoms with E-state index in [-0.39, 0.29) is 108 Å². The van der Waals surface area contributed by atoms with E-state index in [1.165, 1.54) is 54.2 Å². The number of methoxy groups -OCH3 is 1. The summed E-state index contributed by atoms with van der Waals surface area (Å²) in [6.45, 7) is 25.4. The Hall–Kier alpha value is -9.13. The monoisotopic (exact) mass is 2290 g/mol. The lowest BCUT2D eigenvalue weighted by Gasteiger charge is -2.19. The summed E-state index contributed by atoms with van der Waals surface area (Å²) >= 11 is 9.87. The average molecular weight is 2300 g/mol. The molecular formula is C91H144BrClN30O21P6. The van der Waals surface area contributed by atoms with Gasteiger partial charge in [-0.05, 0) is 169 Å². The van der Waals surface area contributed by atoms with Crippen LogP contribution in [0.15, 0.2) is 66.7 Å². The van der Waals surface area contributed by atoms with E-state index in [1.54, 1.807) is 18.3 Å². The van der Waals surface area contributed by atoms with Crippen molar-refractivity contribution in [3.63, 3.8) is 0 Å². The van der Waals surface area contributed by atoms with Crippen molar-refractivity contribution in [3.05, 3.63) is 100 Å². The first-order chi connectivity index (χ1) is 70.1. The molecule has 150 heavy (non-hydrogen) atoms. The molecule has 828 valence electrons. The first kappa shape index (κ1) is 118. The number of aromatic amines is 6. The van der Waals surface area contributed by atoms with Gasteiger partial charge in [-0.3, -0.25) is 86.1 Å². The molecule has 59 heteroatoms. The lowest BCUT2D eigenvalue weighted by atomic mass is 10.0. The van der Waals surface area contributed by atoms with Crippen molar-refractivity contribution in [1.82, 2.24) is 117 Å². The number of imidazole rings is 6. The molecule has 6 aliphatic heterocycles. The summed E-state index contributed by atoms with van der Waals surface area (Å²) in [7, 11) is 1.51. The standard InChI is InChI=1S/C17H28N5O4P.C16H26N5O4P.C15H24N5O4P.C15H24N5O3P.C14H21BrN5O3P.C14H21ClN5O3P/c1-5-7-18-17-20-14-11(15(25)21-17)19-9-22(14)16-13(24)12(23)10(26-16)6-8-27(2,3)4;1-5-17-16-19-13-10(14(24)20-16)18-8-21(13)15-12(23)11(22)9(25-15)6-7-26(2,3)4;1-23-11-10(21)8(5-6-25(2,3)4)24-14(11)20-7-17-9-12(20)18-15(16)19-13(9)22;1-8-11(21)9(5-6-24(2,3)4)23-14(8)20-7-17-10-12(20)18-15(16)19-13(10)22;2*1-24(2,3)5-4-7-10(21)8(15)13(23-7)20-6-17-9-11(20)18-14(16)19-12(9)22/h9-10,12-13,16,23-24H,2,5-8H2,1,3-4H3,(H2,18,20,21,25);8-9,11-12,15,22-23H,2,5-7H2,1,3-4H3,(H2,17,19,20,24);7-8,10-11,14,21H,2,5-6H2,1,3-4H3,(H3,16,18,19,22);7-9,11,14,21H,2,5-6H2,1,3-4H3,(H3,16,18,19,22);2*6-8,10,13,21H,1,4-5H2,2-3H3,(H3,16,18,19,22)/t10-,12-,13-,16-;9-,11-,12-,15-;8-,10-,11-,14-;8-,9-,11+,14-;2*7-,8-,10-,13-/m111111/s1. The summed E-state index contributed by atoms with van der Waals surface area (Å²) in [6.07, 6.45) is 30.0. The maximum Gasteiger partial charge on any atom is 0.280 e. The number of aliphatic hydroxyl groups excluding tert-OH is 8. The van der Waals surface area contributed by atoms with Crippen LogP contribution in [-0.4, -0.2) is 435 Å². The lowest BCUT2D eigenvalue weighted by molar-refractivity contribution is -0.0496. The van der Waals surface area contributed by atoms with Crippen molar-refractivity contribution in [2.45, 2.75) is 205 Å². The van der Waals surface area contributed by atoms with Gasteiger partial charge in [0.05, 0.1) is 91.6 Å². The number of nitrogen functional groups attached to an aromatic ring is 4. The van der Waals surface area contributed by atoms with Gasteiger partial charge in [0.25, 0.3) is 33.4 Å². The normalized spacial score (nSPS) is 27.2. The fourth-order valence-electron chi connectivity index (χ4n) is 17.8. The van der Waals surface area contributed by atoms with E-state index < -0.39 is 174 Å². The van der Waals surface area contributed by atoms with Gasteiger partial charge in [-0.2, -0.15) is 29.9 Å². The minimum absolute atomic E-state index is 0.00748. The number of fused-ring (bicyclic) bond motifs is 6. The number of hydrogen-bond acceptors (Lipinski definition) is 39. The van der Waals surface area contributed by atoms with Gasteiger partial charge in [0.2, 0.25) is 35.7 Å². The Kier molecular flexibility index (Phi) is 37.8. The highest BCUT2D eigenvalue weighted by Crippen LogP contribution is 2.49. The number of nitrogens with two attached hydrogens (primary N) is 4. The largest absolute Gasteiger partial charge is 0.390 e. The molecule has 6 aliphatic rings. The van der Waals surface area contributed by atoms with E-state index in [4.69, 9.17) is 67.7 Å². The van der Waals surface area contributed by atoms with Crippen molar-refractivity contribution < 1.29 is 74.0 Å². The molecule has 24 atom stereocenters. The fraction of sp³-hybridized carbons (Fsp3) is 0.604. The van der Waals surface area contributed by atoms with E-state index in [0.717, 1.165) is 56.2 Å². The number of halogens is 2. The third-order valence-electron chi connectivity index (χ3n) is 25.8. The maximum absolute atomic E-state index is 12.2. The molecule has 0 saturated carbocycles. The Morgan fingerprint density at radius 3 is 0.940 bits per heavy atom. The van der Waals surface area contributed by atoms with E-state index in [1.807, 2.05) is 20.8 Å². The summed E-state index contributed by atoms with van der Waals surface area (Å²) < 4.78 is 50.9. The highest BCUT2D eigenvalue weighted by molar-refractivity contribution is 9.09. The maximum atomic E-state index is 12.2. The molecule has 24 N–H and O–H groups in total. The number of H-pyrrole nitrogens is 6. The van der Waals surface area contributed by atoms with E-state index in [2.05, 4.69) is 234 Å². The minimum atomic E-state index is -1.27. The Morgan fingerprint density at radius 2 is 0.613 bits per heavy atom. The molecule has 12 aromatic heterocycles. The molecule has 51 nitrogen and oxygen atoms in total. The van der Waals surface area contributed by atoms with E-state index >= 15 is 0 Å². The lowest BCUT2D eigenvalue weighted by Crippen LogP contribution is -2.33. The van der Waals surface area contributed by atoms with E-state index in [0.29, 0.717) is 78.9 Å². The van der Waals surface area contributed by atoms with Gasteiger partial charge >= 0.3 is 0 Å². The second kappa shape index (κ2) is 48.1. The Labute approximate surface area is 876 Å². The summed E-state index contributed by atoms with van der Waals surface area (Å²) in [5.41, 5.74) is 23.0. The van der Waals surface area contributed by atoms with Crippen molar-refractivity contribution in [1.29, 1.82) is 0 Å². The van der Waals surface area contributed by atoms with Gasteiger partial charge < -0.3 is 108 Å². The number of anilines is 6. The fourth-order valence-corrected chi connectivity index (χ4v) is 24.6. The van der Waals surface area contributed by atoms with Gasteiger partial charge in [-0.25, -0.2) is 29.9 Å². The van der Waals surface area contributed by atoms with Crippen LogP contribution in [0, 0.1) is 5.92 Å². The topological polar surface area (TPSA) is 736 Å². The van der Waals surface area contributed by atoms with Gasteiger partial charge in [0.15, 0.2) is 98.1 Å². The minimum Gasteiger partial charge on any atom is -0.390 e. The number of aliphatic hydroxyl groups is 8. The summed E-state index contributed by atoms with van der Waals surface area (Å²) in [5.74, 6) is 0.524. The van der Waals surface area contributed by atoms with Crippen LogP contribution in [0.4, 0.5) is 35.7 Å². The van der Waals surface area contributed by atoms with Crippen molar-refractivity contribution in [2.24, 2.45) is 5.92 Å². The predicted molar refractivity (Wildman–Crippen MR) is 606 cm³/mol. The predicted octanol–water partition coefficient (Wildman–Crippen LogP) is 3.19. The number of nitrogens with one attached hydrogen (secondary N) is 8. The van der Waals surface area contributed by atoms with Crippen LogP contribution in [0.1, 0.15) is 103 Å². The molecule has 0 aromatic carbocycles. The summed E-state index contributed by atoms with van der Waals surface area (Å²) in [5, 5.41) is 89.0. The molecule has 6 saturated heterocycles. The molecule has 6 fully saturated rings. The Balaban J connectivity index is 0.000000150. The molecule has 18 rings (SSSR count). The van der Waals surface area contributed by atoms with Gasteiger partial charge in [-0.15, -0.1) is 90.7 Å². The van der Waals surface area contributed by atoms with Crippen LogP contribution in [0.3, 0.4) is 0 Å². The molecule has 0 radical (unpaired) electrons. The van der Waals surface area contributed by atoms with Crippen molar-refractivity contribution in [2.75, 3.05) is 171 Å². The van der Waals surface area contributed by atoms with Crippen LogP contribution in [-0.2, 0) is 33.2 Å². The quantitative estimate of drug-likeness (QED) is 0.0227. The molecule has 0 aliphatic carbocycles. The van der Waals surface area contributed by atoms with E-state index in [9.17, 15) is 69.6 Å². The number of aromatic nitrogens is 24. The third-order valence-corrected chi connectivity index (χ3v) is 36.1. The first-order valence-electron chi connectivity index (χ1n) is 48.7. The van der Waals surface area contributed by atoms with Crippen LogP contribution in [0.5, 0.6) is 0 Å². The molecule has 0 unspecified atom stereocenters. The second-order valence-corrected chi connectivity index (χ2v) is 70.0. The van der Waals surface area contributed by atoms with Gasteiger partial charge in [0, 0.05) is 26.1 Å². The first-order valence-corrected chi connectivity index (χ1v) is 68.4. The van der Waals surface area contributed by atoms with Gasteiger partial charge in [0.1, 0.15) is 54.3 Å². The smallest absolute Gasteiger partial charge is 0.280 e. The number of ether oxygens (including phenoxy) is 7. The average Bonchev–Trinajstić information content (AvgIpc) is 1.64. The molecule has 12 aromatic rings. The SMILES string of the molecule is C=P(C)(C)CC[C@H]1O[C@@H](n2cnc3c(=O)[nH]c(N)nc32)[C@H](Br)[C@@H]1O.C=P(C)(C)CC[C@H]1O[C@@H](n2cnc3c(=O)[nH]c(N)nc32)[C@H](C)[C@@H]1O.C=P(C)(C)CC[C@H]1O[C@@H](n2cnc3c(=O)[nH]c(N)nc32)[C@H](Cl)[C@@H]1O.C=P(C)(C)CC[C@H]1O[C@@H](n2cnc3c(=O)[nH]c(N)nc32)[C@H](OC)[C@@H]1O.C=P(C)(C)CC[C@H]1O[C@@H](n2cnc3c(=O)[nH]c(NCC)nc32)[C@H](O)[C@@H]1O.C=P(C)(C)CC[C@H]1O[C@@H](n2cnc3c(=O)[nH]c(NCCC)nc32)[C@H](O)[C@@H]1O. The highest BCUT2D eigenvalue weighted by Gasteiger charge is 2.51. The zero-order chi connectivity index (χ0) is 110. The Morgan fingerprint density at radius 1 is 0.360 bits per heavy atom. The zero-order valence-corrected chi connectivity index (χ0v) is 94.6. The van der Waals surface area contributed by atoms with Crippen LogP contribution in [0.25, 0.3) is 67.0 Å². The number of rotatable bonds is 30. The van der Waals surface area contributed by atoms with Crippen LogP contribution < -0.4 is 66.9 Å². The zero-order valence-electron chi connectivity index (χ0n) is 86.9.